The summed E-state index contributed by atoms with van der Waals surface area (Å²) in [6.07, 6.45) is 4.38. The van der Waals surface area contributed by atoms with Gasteiger partial charge in [-0.1, -0.05) is 0 Å². The van der Waals surface area contributed by atoms with Crippen LogP contribution < -0.4 is 9.47 Å². The number of fused-ring (bicyclic) bond motifs is 1. The van der Waals surface area contributed by atoms with Crippen LogP contribution in [0.15, 0.2) is 17.1 Å². The number of isocyanates is 1. The summed E-state index contributed by atoms with van der Waals surface area (Å²) in [5.74, 6) is 1.59. The molecule has 0 aromatic heterocycles. The molecule has 1 heterocycles. The lowest BCUT2D eigenvalue weighted by Gasteiger charge is -2.15. The van der Waals surface area contributed by atoms with Crippen molar-refractivity contribution in [2.24, 2.45) is 4.99 Å². The van der Waals surface area contributed by atoms with Crippen molar-refractivity contribution < 1.29 is 14.3 Å². The summed E-state index contributed by atoms with van der Waals surface area (Å²) in [6, 6.07) is 4.00. The first-order chi connectivity index (χ1) is 8.75. The molecule has 2 aliphatic rings. The fourth-order valence-electron chi connectivity index (χ4n) is 2.39. The van der Waals surface area contributed by atoms with Gasteiger partial charge in [-0.3, -0.25) is 0 Å². The minimum Gasteiger partial charge on any atom is -0.490 e. The van der Waals surface area contributed by atoms with Crippen LogP contribution in [0.4, 0.5) is 0 Å². The van der Waals surface area contributed by atoms with Crippen LogP contribution in [0.25, 0.3) is 0 Å². The average molecular weight is 245 g/mol. The molecule has 1 aromatic rings. The van der Waals surface area contributed by atoms with E-state index in [1.165, 1.54) is 0 Å². The lowest BCUT2D eigenvalue weighted by Crippen LogP contribution is -2.04. The third kappa shape index (κ3) is 1.79. The van der Waals surface area contributed by atoms with Crippen LogP contribution in [0.2, 0.25) is 0 Å². The number of aliphatic imine (C=N–C) groups is 1. The van der Waals surface area contributed by atoms with Crippen molar-refractivity contribution in [1.29, 1.82) is 0 Å². The van der Waals surface area contributed by atoms with Crippen LogP contribution in [0.5, 0.6) is 11.5 Å². The lowest BCUT2D eigenvalue weighted by atomic mass is 10.0. The van der Waals surface area contributed by atoms with E-state index in [1.807, 2.05) is 19.1 Å². The molecule has 3 rings (SSSR count). The van der Waals surface area contributed by atoms with Gasteiger partial charge in [0.15, 0.2) is 11.5 Å². The maximum atomic E-state index is 10.5. The van der Waals surface area contributed by atoms with E-state index in [0.29, 0.717) is 13.2 Å². The standard InChI is InChI=1S/C14H15NO3/c1-10-7-11(14(3-4-14)15-9-16)8-12-13(10)18-6-2-5-17-12/h7-8H,2-6H2,1H3. The van der Waals surface area contributed by atoms with Gasteiger partial charge in [0.1, 0.15) is 0 Å². The Bertz CT molecular complexity index is 528. The van der Waals surface area contributed by atoms with Crippen molar-refractivity contribution in [2.45, 2.75) is 31.7 Å². The number of hydrogen-bond donors (Lipinski definition) is 0. The minimum atomic E-state index is -0.350. The molecule has 4 nitrogen and oxygen atoms in total. The second kappa shape index (κ2) is 4.14. The van der Waals surface area contributed by atoms with Gasteiger partial charge in [-0.05, 0) is 43.0 Å². The molecule has 18 heavy (non-hydrogen) atoms. The molecule has 1 aliphatic heterocycles. The summed E-state index contributed by atoms with van der Waals surface area (Å²) < 4.78 is 11.4. The molecule has 1 aromatic carbocycles. The monoisotopic (exact) mass is 245 g/mol. The first-order valence-corrected chi connectivity index (χ1v) is 6.25. The topological polar surface area (TPSA) is 47.9 Å². The fourth-order valence-corrected chi connectivity index (χ4v) is 2.39. The van der Waals surface area contributed by atoms with Crippen molar-refractivity contribution in [3.63, 3.8) is 0 Å². The van der Waals surface area contributed by atoms with Gasteiger partial charge < -0.3 is 9.47 Å². The van der Waals surface area contributed by atoms with E-state index >= 15 is 0 Å². The molecule has 0 N–H and O–H groups in total. The molecule has 0 bridgehead atoms. The molecular formula is C14H15NO3. The largest absolute Gasteiger partial charge is 0.490 e. The maximum absolute atomic E-state index is 10.5. The van der Waals surface area contributed by atoms with E-state index < -0.39 is 0 Å². The van der Waals surface area contributed by atoms with Gasteiger partial charge in [-0.2, -0.15) is 4.99 Å². The molecule has 1 fully saturated rings. The van der Waals surface area contributed by atoms with Crippen molar-refractivity contribution in [1.82, 2.24) is 0 Å². The predicted molar refractivity (Wildman–Crippen MR) is 65.8 cm³/mol. The van der Waals surface area contributed by atoms with Crippen molar-refractivity contribution >= 4 is 6.08 Å². The molecule has 0 radical (unpaired) electrons. The van der Waals surface area contributed by atoms with Crippen LogP contribution in [0.1, 0.15) is 30.4 Å². The van der Waals surface area contributed by atoms with Gasteiger partial charge in [0, 0.05) is 6.42 Å². The lowest BCUT2D eigenvalue weighted by molar-refractivity contribution is 0.296. The van der Waals surface area contributed by atoms with E-state index in [0.717, 1.165) is 41.9 Å². The molecule has 0 spiro atoms. The number of hydrogen-bond acceptors (Lipinski definition) is 4. The quantitative estimate of drug-likeness (QED) is 0.594. The molecule has 0 amide bonds. The van der Waals surface area contributed by atoms with Crippen molar-refractivity contribution in [3.8, 4) is 11.5 Å². The van der Waals surface area contributed by atoms with Gasteiger partial charge in [0.25, 0.3) is 0 Å². The Morgan fingerprint density at radius 2 is 2.06 bits per heavy atom. The number of nitrogens with zero attached hydrogens (tertiary/aromatic N) is 1. The third-order valence-corrected chi connectivity index (χ3v) is 3.55. The predicted octanol–water partition coefficient (Wildman–Crippen LogP) is 2.48. The molecule has 4 heteroatoms. The van der Waals surface area contributed by atoms with E-state index in [-0.39, 0.29) is 5.54 Å². The Balaban J connectivity index is 2.06. The van der Waals surface area contributed by atoms with E-state index in [2.05, 4.69) is 4.99 Å². The molecule has 0 atom stereocenters. The number of benzene rings is 1. The Labute approximate surface area is 106 Å². The summed E-state index contributed by atoms with van der Waals surface area (Å²) in [6.45, 7) is 3.35. The minimum absolute atomic E-state index is 0.350. The van der Waals surface area contributed by atoms with Gasteiger partial charge in [0.2, 0.25) is 6.08 Å². The summed E-state index contributed by atoms with van der Waals surface area (Å²) in [5, 5.41) is 0. The van der Waals surface area contributed by atoms with Gasteiger partial charge >= 0.3 is 0 Å². The van der Waals surface area contributed by atoms with Gasteiger partial charge in [0.05, 0.1) is 18.8 Å². The SMILES string of the molecule is Cc1cc(C2(N=C=O)CC2)cc2c1OCCCO2. The second-order valence-electron chi connectivity index (χ2n) is 4.91. The number of ether oxygens (including phenoxy) is 2. The normalized spacial score (nSPS) is 19.6. The van der Waals surface area contributed by atoms with Gasteiger partial charge in [-0.15, -0.1) is 0 Å². The van der Waals surface area contributed by atoms with Crippen LogP contribution in [-0.4, -0.2) is 19.3 Å². The number of rotatable bonds is 2. The van der Waals surface area contributed by atoms with Crippen molar-refractivity contribution in [2.75, 3.05) is 13.2 Å². The maximum Gasteiger partial charge on any atom is 0.235 e. The zero-order valence-electron chi connectivity index (χ0n) is 10.4. The zero-order chi connectivity index (χ0) is 12.6. The number of carbonyl (C=O) groups excluding carboxylic acids is 1. The molecule has 0 saturated heterocycles. The van der Waals surface area contributed by atoms with Crippen molar-refractivity contribution in [3.05, 3.63) is 23.3 Å². The zero-order valence-corrected chi connectivity index (χ0v) is 10.4. The number of aryl methyl sites for hydroxylation is 1. The highest BCUT2D eigenvalue weighted by atomic mass is 16.5. The average Bonchev–Trinajstić information content (AvgIpc) is 3.13. The summed E-state index contributed by atoms with van der Waals surface area (Å²) >= 11 is 0. The highest BCUT2D eigenvalue weighted by Gasteiger charge is 2.45. The molecule has 94 valence electrons. The highest BCUT2D eigenvalue weighted by Crippen LogP contribution is 2.51. The van der Waals surface area contributed by atoms with Crippen LogP contribution in [-0.2, 0) is 10.3 Å². The van der Waals surface area contributed by atoms with E-state index in [4.69, 9.17) is 9.47 Å². The Morgan fingerprint density at radius 1 is 1.28 bits per heavy atom. The van der Waals surface area contributed by atoms with E-state index in [1.54, 1.807) is 6.08 Å². The van der Waals surface area contributed by atoms with Gasteiger partial charge in [-0.25, -0.2) is 4.79 Å². The highest BCUT2D eigenvalue weighted by molar-refractivity contribution is 5.53. The smallest absolute Gasteiger partial charge is 0.235 e. The molecule has 1 aliphatic carbocycles. The first kappa shape index (κ1) is 11.3. The molecule has 1 saturated carbocycles. The summed E-state index contributed by atoms with van der Waals surface area (Å²) in [4.78, 5) is 14.5. The Hall–Kier alpha value is -1.80. The van der Waals surface area contributed by atoms with Crippen LogP contribution >= 0.6 is 0 Å². The van der Waals surface area contributed by atoms with Crippen LogP contribution in [0.3, 0.4) is 0 Å². The van der Waals surface area contributed by atoms with Crippen LogP contribution in [0, 0.1) is 6.92 Å². The fraction of sp³-hybridized carbons (Fsp3) is 0.500. The third-order valence-electron chi connectivity index (χ3n) is 3.55. The molecule has 0 unspecified atom stereocenters. The summed E-state index contributed by atoms with van der Waals surface area (Å²) in [5.41, 5.74) is 1.72. The molecular weight excluding hydrogens is 230 g/mol. The first-order valence-electron chi connectivity index (χ1n) is 6.25. The second-order valence-corrected chi connectivity index (χ2v) is 4.91. The summed E-state index contributed by atoms with van der Waals surface area (Å²) in [7, 11) is 0. The Morgan fingerprint density at radius 3 is 2.78 bits per heavy atom. The van der Waals surface area contributed by atoms with E-state index in [9.17, 15) is 4.79 Å². The Kier molecular flexibility index (Phi) is 2.60.